The van der Waals surface area contributed by atoms with Gasteiger partial charge in [0, 0.05) is 0 Å². The van der Waals surface area contributed by atoms with E-state index in [9.17, 15) is 22.8 Å². The predicted molar refractivity (Wildman–Crippen MR) is 65.0 cm³/mol. The van der Waals surface area contributed by atoms with Crippen LogP contribution in [0.2, 0.25) is 0 Å². The predicted octanol–water partition coefficient (Wildman–Crippen LogP) is 1.70. The maximum Gasteiger partial charge on any atom is 0.411 e. The molecule has 0 fully saturated rings. The molecule has 0 aliphatic rings. The number of carboxylic acids is 1. The highest BCUT2D eigenvalue weighted by Crippen LogP contribution is 2.15. The number of carbonyl (C=O) groups is 1. The van der Waals surface area contributed by atoms with Crippen molar-refractivity contribution in [2.75, 3.05) is 6.61 Å². The van der Waals surface area contributed by atoms with Gasteiger partial charge in [0.15, 0.2) is 0 Å². The third-order valence-electron chi connectivity index (χ3n) is 2.51. The van der Waals surface area contributed by atoms with E-state index >= 15 is 0 Å². The van der Waals surface area contributed by atoms with Crippen LogP contribution < -0.4 is 5.56 Å². The van der Waals surface area contributed by atoms with E-state index in [4.69, 9.17) is 5.11 Å². The van der Waals surface area contributed by atoms with Crippen LogP contribution in [0.4, 0.5) is 13.2 Å². The van der Waals surface area contributed by atoms with E-state index in [1.807, 2.05) is 0 Å². The summed E-state index contributed by atoms with van der Waals surface area (Å²) in [7, 11) is 0. The Hall–Kier alpha value is -2.42. The summed E-state index contributed by atoms with van der Waals surface area (Å²) in [6, 6.07) is 3.69. The number of ether oxygens (including phenoxy) is 1. The number of alkyl halides is 3. The summed E-state index contributed by atoms with van der Waals surface area (Å²) in [6.07, 6.45) is -4.48. The largest absolute Gasteiger partial charge is 0.478 e. The second-order valence-electron chi connectivity index (χ2n) is 4.16. The molecule has 1 aromatic carbocycles. The van der Waals surface area contributed by atoms with E-state index in [-0.39, 0.29) is 22.3 Å². The summed E-state index contributed by atoms with van der Waals surface area (Å²) in [5, 5.41) is 8.99. The molecule has 0 bridgehead atoms. The highest BCUT2D eigenvalue weighted by atomic mass is 19.4. The van der Waals surface area contributed by atoms with Crippen molar-refractivity contribution < 1.29 is 27.8 Å². The van der Waals surface area contributed by atoms with Gasteiger partial charge in [0.05, 0.1) is 16.5 Å². The molecule has 21 heavy (non-hydrogen) atoms. The molecule has 2 aromatic rings. The zero-order valence-electron chi connectivity index (χ0n) is 10.4. The molecule has 112 valence electrons. The average molecular weight is 302 g/mol. The molecule has 0 saturated heterocycles. The van der Waals surface area contributed by atoms with Crippen LogP contribution in [0, 0.1) is 0 Å². The summed E-state index contributed by atoms with van der Waals surface area (Å²) in [6.45, 7) is -2.01. The minimum absolute atomic E-state index is 0.0734. The Kier molecular flexibility index (Phi) is 3.94. The van der Waals surface area contributed by atoms with Gasteiger partial charge in [-0.05, 0) is 18.2 Å². The summed E-state index contributed by atoms with van der Waals surface area (Å²) >= 11 is 0. The fourth-order valence-electron chi connectivity index (χ4n) is 1.65. The lowest BCUT2D eigenvalue weighted by molar-refractivity contribution is -0.177. The summed E-state index contributed by atoms with van der Waals surface area (Å²) < 4.78 is 40.2. The van der Waals surface area contributed by atoms with Crippen molar-refractivity contribution in [2.24, 2.45) is 0 Å². The van der Waals surface area contributed by atoms with Crippen LogP contribution >= 0.6 is 0 Å². The lowest BCUT2D eigenvalue weighted by Gasteiger charge is -2.07. The number of nitrogens with zero attached hydrogens (tertiary/aromatic N) is 1. The lowest BCUT2D eigenvalue weighted by Crippen LogP contribution is -2.19. The smallest absolute Gasteiger partial charge is 0.411 e. The monoisotopic (exact) mass is 302 g/mol. The van der Waals surface area contributed by atoms with Gasteiger partial charge in [-0.15, -0.1) is 0 Å². The molecule has 0 amide bonds. The Balaban J connectivity index is 2.30. The van der Waals surface area contributed by atoms with Crippen LogP contribution in [0.5, 0.6) is 0 Å². The first-order chi connectivity index (χ1) is 9.76. The van der Waals surface area contributed by atoms with Crippen molar-refractivity contribution in [3.63, 3.8) is 0 Å². The fraction of sp³-hybridized carbons (Fsp3) is 0.250. The number of H-pyrrole nitrogens is 1. The second kappa shape index (κ2) is 5.52. The third-order valence-corrected chi connectivity index (χ3v) is 2.51. The van der Waals surface area contributed by atoms with Crippen LogP contribution in [-0.2, 0) is 11.3 Å². The first-order valence-electron chi connectivity index (χ1n) is 5.67. The van der Waals surface area contributed by atoms with Crippen LogP contribution in [0.1, 0.15) is 16.2 Å². The van der Waals surface area contributed by atoms with E-state index in [2.05, 4.69) is 14.7 Å². The summed E-state index contributed by atoms with van der Waals surface area (Å²) in [5.74, 6) is -1.31. The zero-order valence-corrected chi connectivity index (χ0v) is 10.4. The molecule has 0 unspecified atom stereocenters. The molecule has 0 spiro atoms. The number of aromatic amines is 1. The van der Waals surface area contributed by atoms with Crippen molar-refractivity contribution in [2.45, 2.75) is 12.8 Å². The molecule has 1 heterocycles. The Morgan fingerprint density at radius 2 is 2.10 bits per heavy atom. The molecule has 0 radical (unpaired) electrons. The number of aromatic nitrogens is 2. The standard InChI is InChI=1S/C12H9F3N2O4/c13-12(14,15)5-21-4-9-16-8-3-6(11(19)20)1-2-7(8)10(18)17-9/h1-3H,4-5H2,(H,19,20)(H,16,17,18). The number of nitrogens with one attached hydrogen (secondary N) is 1. The summed E-state index contributed by atoms with van der Waals surface area (Å²) in [4.78, 5) is 28.7. The van der Waals surface area contributed by atoms with E-state index in [1.54, 1.807) is 0 Å². The zero-order chi connectivity index (χ0) is 15.6. The number of fused-ring (bicyclic) bond motifs is 1. The Labute approximate surface area is 115 Å². The van der Waals surface area contributed by atoms with Crippen LogP contribution in [0.25, 0.3) is 10.9 Å². The molecular weight excluding hydrogens is 293 g/mol. The van der Waals surface area contributed by atoms with E-state index in [0.29, 0.717) is 0 Å². The van der Waals surface area contributed by atoms with Crippen molar-refractivity contribution in [1.29, 1.82) is 0 Å². The van der Waals surface area contributed by atoms with Gasteiger partial charge in [-0.1, -0.05) is 0 Å². The minimum Gasteiger partial charge on any atom is -0.478 e. The van der Waals surface area contributed by atoms with Crippen LogP contribution in [-0.4, -0.2) is 33.8 Å². The molecule has 6 nitrogen and oxygen atoms in total. The number of hydrogen-bond acceptors (Lipinski definition) is 4. The van der Waals surface area contributed by atoms with Crippen molar-refractivity contribution >= 4 is 16.9 Å². The van der Waals surface area contributed by atoms with Crippen LogP contribution in [0.3, 0.4) is 0 Å². The summed E-state index contributed by atoms with van der Waals surface area (Å²) in [5.41, 5.74) is -0.588. The number of aromatic carboxylic acids is 1. The van der Waals surface area contributed by atoms with Crippen molar-refractivity contribution in [3.05, 3.63) is 39.9 Å². The number of halogens is 3. The Morgan fingerprint density at radius 1 is 1.38 bits per heavy atom. The molecular formula is C12H9F3N2O4. The van der Waals surface area contributed by atoms with Gasteiger partial charge in [0.1, 0.15) is 19.0 Å². The Bertz CT molecular complexity index is 739. The van der Waals surface area contributed by atoms with E-state index in [0.717, 1.165) is 0 Å². The van der Waals surface area contributed by atoms with Crippen LogP contribution in [0.15, 0.2) is 23.0 Å². The molecule has 0 aliphatic carbocycles. The highest BCUT2D eigenvalue weighted by Gasteiger charge is 2.27. The quantitative estimate of drug-likeness (QED) is 0.896. The Morgan fingerprint density at radius 3 is 2.71 bits per heavy atom. The van der Waals surface area contributed by atoms with Gasteiger partial charge < -0.3 is 14.8 Å². The molecule has 0 atom stereocenters. The number of hydrogen-bond donors (Lipinski definition) is 2. The first-order valence-corrected chi connectivity index (χ1v) is 5.67. The van der Waals surface area contributed by atoms with Crippen molar-refractivity contribution in [3.8, 4) is 0 Å². The maximum absolute atomic E-state index is 11.9. The van der Waals surface area contributed by atoms with Gasteiger partial charge in [-0.2, -0.15) is 13.2 Å². The molecule has 1 aromatic heterocycles. The average Bonchev–Trinajstić information content (AvgIpc) is 2.36. The topological polar surface area (TPSA) is 92.3 Å². The van der Waals surface area contributed by atoms with Gasteiger partial charge in [0.25, 0.3) is 5.56 Å². The number of rotatable bonds is 4. The van der Waals surface area contributed by atoms with Gasteiger partial charge >= 0.3 is 12.1 Å². The van der Waals surface area contributed by atoms with Gasteiger partial charge in [-0.25, -0.2) is 9.78 Å². The molecule has 0 saturated carbocycles. The molecule has 0 aliphatic heterocycles. The van der Waals surface area contributed by atoms with Gasteiger partial charge in [-0.3, -0.25) is 4.79 Å². The highest BCUT2D eigenvalue weighted by molar-refractivity contribution is 5.92. The second-order valence-corrected chi connectivity index (χ2v) is 4.16. The minimum atomic E-state index is -4.48. The third kappa shape index (κ3) is 3.78. The fourth-order valence-corrected chi connectivity index (χ4v) is 1.65. The number of benzene rings is 1. The van der Waals surface area contributed by atoms with Gasteiger partial charge in [0.2, 0.25) is 0 Å². The van der Waals surface area contributed by atoms with E-state index < -0.39 is 30.9 Å². The van der Waals surface area contributed by atoms with E-state index in [1.165, 1.54) is 18.2 Å². The molecule has 2 rings (SSSR count). The first kappa shape index (κ1) is 15.0. The SMILES string of the molecule is O=C(O)c1ccc2c(=O)[nH]c(COCC(F)(F)F)nc2c1. The molecule has 9 heteroatoms. The normalized spacial score (nSPS) is 11.8. The van der Waals surface area contributed by atoms with Crippen molar-refractivity contribution in [1.82, 2.24) is 9.97 Å². The lowest BCUT2D eigenvalue weighted by atomic mass is 10.1. The molecule has 2 N–H and O–H groups in total. The number of carboxylic acid groups (broad SMARTS) is 1. The maximum atomic E-state index is 11.9.